The molecule has 0 saturated heterocycles. The fourth-order valence-electron chi connectivity index (χ4n) is 1.23. The van der Waals surface area contributed by atoms with E-state index in [0.717, 1.165) is 12.2 Å². The first-order valence-corrected chi connectivity index (χ1v) is 5.38. The third-order valence-electron chi connectivity index (χ3n) is 2.15. The Morgan fingerprint density at radius 2 is 2.25 bits per heavy atom. The number of aromatic amines is 1. The number of hydrogen-bond donors (Lipinski definition) is 2. The first-order valence-electron chi connectivity index (χ1n) is 5.38. The van der Waals surface area contributed by atoms with Crippen molar-refractivity contribution in [3.63, 3.8) is 0 Å². The van der Waals surface area contributed by atoms with Crippen LogP contribution in [-0.4, -0.2) is 27.1 Å². The predicted octanol–water partition coefficient (Wildman–Crippen LogP) is 1.62. The summed E-state index contributed by atoms with van der Waals surface area (Å²) in [5, 5.41) is 9.42. The number of rotatable bonds is 5. The second kappa shape index (κ2) is 5.44. The van der Waals surface area contributed by atoms with Crippen molar-refractivity contribution >= 4 is 5.91 Å². The molecule has 1 aromatic rings. The normalized spacial score (nSPS) is 12.5. The molecule has 0 spiro atoms. The zero-order valence-electron chi connectivity index (χ0n) is 9.95. The lowest BCUT2D eigenvalue weighted by Gasteiger charge is -2.09. The van der Waals surface area contributed by atoms with Crippen molar-refractivity contribution in [2.45, 2.75) is 39.2 Å². The maximum atomic E-state index is 11.7. The van der Waals surface area contributed by atoms with Crippen LogP contribution in [0.2, 0.25) is 0 Å². The summed E-state index contributed by atoms with van der Waals surface area (Å²) in [6, 6.07) is 0.0472. The molecule has 0 bridgehead atoms. The van der Waals surface area contributed by atoms with Crippen molar-refractivity contribution in [1.82, 2.24) is 20.5 Å². The first-order chi connectivity index (χ1) is 7.54. The zero-order chi connectivity index (χ0) is 12.1. The van der Waals surface area contributed by atoms with Gasteiger partial charge in [0.15, 0.2) is 0 Å². The van der Waals surface area contributed by atoms with Crippen LogP contribution in [-0.2, 0) is 0 Å². The molecule has 0 fully saturated rings. The Morgan fingerprint density at radius 3 is 2.75 bits per heavy atom. The van der Waals surface area contributed by atoms with Gasteiger partial charge in [-0.3, -0.25) is 9.89 Å². The van der Waals surface area contributed by atoms with Crippen molar-refractivity contribution in [1.29, 1.82) is 0 Å². The van der Waals surface area contributed by atoms with Gasteiger partial charge in [0, 0.05) is 12.0 Å². The van der Waals surface area contributed by atoms with E-state index in [4.69, 9.17) is 0 Å². The highest BCUT2D eigenvalue weighted by Gasteiger charge is 2.15. The van der Waals surface area contributed by atoms with Crippen LogP contribution in [0.25, 0.3) is 0 Å². The van der Waals surface area contributed by atoms with Gasteiger partial charge >= 0.3 is 0 Å². The summed E-state index contributed by atoms with van der Waals surface area (Å²) in [4.78, 5) is 15.8. The molecule has 0 radical (unpaired) electrons. The van der Waals surface area contributed by atoms with Gasteiger partial charge in [0.25, 0.3) is 5.91 Å². The number of carbonyl (C=O) groups is 1. The highest BCUT2D eigenvalue weighted by Crippen LogP contribution is 2.07. The molecular formula is C11H18N4O. The molecule has 1 atom stereocenters. The Hall–Kier alpha value is -1.65. The largest absolute Gasteiger partial charge is 0.346 e. The average Bonchev–Trinajstić information content (AvgIpc) is 2.66. The van der Waals surface area contributed by atoms with Gasteiger partial charge in [-0.1, -0.05) is 19.9 Å². The van der Waals surface area contributed by atoms with Crippen LogP contribution in [0.1, 0.15) is 49.6 Å². The summed E-state index contributed by atoms with van der Waals surface area (Å²) in [6.07, 6.45) is 2.50. The summed E-state index contributed by atoms with van der Waals surface area (Å²) < 4.78 is 0. The molecule has 0 aliphatic heterocycles. The average molecular weight is 222 g/mol. The van der Waals surface area contributed by atoms with E-state index in [9.17, 15) is 4.79 Å². The molecule has 1 aromatic heterocycles. The van der Waals surface area contributed by atoms with Crippen LogP contribution in [0.3, 0.4) is 0 Å². The van der Waals surface area contributed by atoms with Gasteiger partial charge in [-0.05, 0) is 13.3 Å². The number of carbonyl (C=O) groups excluding carboxylic acids is 1. The minimum atomic E-state index is -0.252. The minimum Gasteiger partial charge on any atom is -0.346 e. The third kappa shape index (κ3) is 3.18. The molecule has 1 amide bonds. The van der Waals surface area contributed by atoms with Crippen LogP contribution >= 0.6 is 0 Å². The second-order valence-electron chi connectivity index (χ2n) is 4.10. The van der Waals surface area contributed by atoms with Gasteiger partial charge in [0.05, 0.1) is 0 Å². The summed E-state index contributed by atoms with van der Waals surface area (Å²) >= 11 is 0. The van der Waals surface area contributed by atoms with E-state index in [1.807, 2.05) is 20.8 Å². The molecule has 1 heterocycles. The minimum absolute atomic E-state index is 0.0472. The van der Waals surface area contributed by atoms with Gasteiger partial charge in [0.2, 0.25) is 5.82 Å². The fraction of sp³-hybridized carbons (Fsp3) is 0.545. The second-order valence-corrected chi connectivity index (χ2v) is 4.10. The van der Waals surface area contributed by atoms with Crippen LogP contribution < -0.4 is 5.32 Å². The Kier molecular flexibility index (Phi) is 4.22. The SMILES string of the molecule is C=CCC(C)NC(=O)c1n[nH]c(C(C)C)n1. The van der Waals surface area contributed by atoms with Gasteiger partial charge < -0.3 is 5.32 Å². The molecular weight excluding hydrogens is 204 g/mol. The third-order valence-corrected chi connectivity index (χ3v) is 2.15. The quantitative estimate of drug-likeness (QED) is 0.744. The maximum absolute atomic E-state index is 11.7. The zero-order valence-corrected chi connectivity index (χ0v) is 9.95. The van der Waals surface area contributed by atoms with Gasteiger partial charge in [-0.2, -0.15) is 0 Å². The molecule has 5 heteroatoms. The van der Waals surface area contributed by atoms with Crippen molar-refractivity contribution in [2.24, 2.45) is 0 Å². The maximum Gasteiger partial charge on any atom is 0.291 e. The molecule has 0 aromatic carbocycles. The highest BCUT2D eigenvalue weighted by atomic mass is 16.2. The van der Waals surface area contributed by atoms with Crippen molar-refractivity contribution < 1.29 is 4.79 Å². The van der Waals surface area contributed by atoms with E-state index in [1.165, 1.54) is 0 Å². The first kappa shape index (κ1) is 12.4. The summed E-state index contributed by atoms with van der Waals surface area (Å²) in [5.74, 6) is 0.901. The number of hydrogen-bond acceptors (Lipinski definition) is 3. The molecule has 0 aliphatic rings. The standard InChI is InChI=1S/C11H18N4O/c1-5-6-8(4)12-11(16)10-13-9(7(2)3)14-15-10/h5,7-8H,1,6H2,2-4H3,(H,12,16)(H,13,14,15). The smallest absolute Gasteiger partial charge is 0.291 e. The van der Waals surface area contributed by atoms with Crippen LogP contribution in [0.4, 0.5) is 0 Å². The van der Waals surface area contributed by atoms with E-state index in [2.05, 4.69) is 27.1 Å². The lowest BCUT2D eigenvalue weighted by atomic mass is 10.2. The van der Waals surface area contributed by atoms with Crippen molar-refractivity contribution in [3.8, 4) is 0 Å². The van der Waals surface area contributed by atoms with Crippen LogP contribution in [0.5, 0.6) is 0 Å². The van der Waals surface area contributed by atoms with E-state index in [-0.39, 0.29) is 23.7 Å². The highest BCUT2D eigenvalue weighted by molar-refractivity contribution is 5.90. The van der Waals surface area contributed by atoms with Gasteiger partial charge in [-0.25, -0.2) is 4.98 Å². The molecule has 0 saturated carbocycles. The van der Waals surface area contributed by atoms with Gasteiger partial charge in [-0.15, -0.1) is 11.7 Å². The predicted molar refractivity (Wildman–Crippen MR) is 62.2 cm³/mol. The van der Waals surface area contributed by atoms with E-state index in [0.29, 0.717) is 0 Å². The van der Waals surface area contributed by atoms with E-state index in [1.54, 1.807) is 6.08 Å². The molecule has 1 rings (SSSR count). The van der Waals surface area contributed by atoms with E-state index >= 15 is 0 Å². The van der Waals surface area contributed by atoms with Crippen LogP contribution in [0.15, 0.2) is 12.7 Å². The van der Waals surface area contributed by atoms with Crippen LogP contribution in [0, 0.1) is 0 Å². The lowest BCUT2D eigenvalue weighted by Crippen LogP contribution is -2.32. The topological polar surface area (TPSA) is 70.7 Å². The lowest BCUT2D eigenvalue weighted by molar-refractivity contribution is 0.0930. The summed E-state index contributed by atoms with van der Waals surface area (Å²) in [7, 11) is 0. The number of nitrogens with zero attached hydrogens (tertiary/aromatic N) is 2. The molecule has 0 aliphatic carbocycles. The molecule has 88 valence electrons. The molecule has 2 N–H and O–H groups in total. The number of amides is 1. The van der Waals surface area contributed by atoms with Crippen molar-refractivity contribution in [2.75, 3.05) is 0 Å². The summed E-state index contributed by atoms with van der Waals surface area (Å²) in [5.41, 5.74) is 0. The molecule has 5 nitrogen and oxygen atoms in total. The Morgan fingerprint density at radius 1 is 1.56 bits per heavy atom. The van der Waals surface area contributed by atoms with E-state index < -0.39 is 0 Å². The monoisotopic (exact) mass is 222 g/mol. The molecule has 1 unspecified atom stereocenters. The van der Waals surface area contributed by atoms with Gasteiger partial charge in [0.1, 0.15) is 5.82 Å². The Bertz CT molecular complexity index is 370. The Labute approximate surface area is 95.4 Å². The number of aromatic nitrogens is 3. The fourth-order valence-corrected chi connectivity index (χ4v) is 1.23. The molecule has 16 heavy (non-hydrogen) atoms. The summed E-state index contributed by atoms with van der Waals surface area (Å²) in [6.45, 7) is 9.51. The number of nitrogens with one attached hydrogen (secondary N) is 2. The van der Waals surface area contributed by atoms with Crippen molar-refractivity contribution in [3.05, 3.63) is 24.3 Å². The number of H-pyrrole nitrogens is 1. The Balaban J connectivity index is 2.62.